The van der Waals surface area contributed by atoms with Crippen LogP contribution in [-0.4, -0.2) is 35.6 Å². The lowest BCUT2D eigenvalue weighted by Crippen LogP contribution is -2.56. The average molecular weight is 230 g/mol. The Morgan fingerprint density at radius 2 is 2.00 bits per heavy atom. The predicted molar refractivity (Wildman–Crippen MR) is 42.7 cm³/mol. The van der Waals surface area contributed by atoms with Gasteiger partial charge in [0.15, 0.2) is 0 Å². The van der Waals surface area contributed by atoms with Gasteiger partial charge in [-0.25, -0.2) is 9.18 Å². The molecule has 0 aromatic carbocycles. The Labute approximate surface area is 83.3 Å². The minimum Gasteiger partial charge on any atom is -0.459 e. The minimum atomic E-state index is -5.53. The summed E-state index contributed by atoms with van der Waals surface area (Å²) in [5, 5.41) is 8.66. The van der Waals surface area contributed by atoms with E-state index in [4.69, 9.17) is 5.11 Å². The molecule has 0 radical (unpaired) electrons. The van der Waals surface area contributed by atoms with Gasteiger partial charge in [0.25, 0.3) is 0 Å². The third-order valence-electron chi connectivity index (χ3n) is 1.62. The number of carbonyl (C=O) groups excluding carboxylic acids is 1. The SMILES string of the molecule is C=CCOC(=O)C(F)(C(C)O)C(F)(F)F. The molecule has 0 saturated heterocycles. The van der Waals surface area contributed by atoms with Crippen molar-refractivity contribution in [2.45, 2.75) is 24.9 Å². The Morgan fingerprint density at radius 1 is 1.53 bits per heavy atom. The number of carbonyl (C=O) groups is 1. The summed E-state index contributed by atoms with van der Waals surface area (Å²) in [6, 6.07) is 0. The fourth-order valence-electron chi connectivity index (χ4n) is 0.763. The van der Waals surface area contributed by atoms with Gasteiger partial charge in [-0.15, -0.1) is 0 Å². The Morgan fingerprint density at radius 3 is 2.27 bits per heavy atom. The third kappa shape index (κ3) is 2.68. The van der Waals surface area contributed by atoms with E-state index in [9.17, 15) is 22.4 Å². The van der Waals surface area contributed by atoms with Gasteiger partial charge in [0.1, 0.15) is 12.7 Å². The lowest BCUT2D eigenvalue weighted by molar-refractivity contribution is -0.259. The van der Waals surface area contributed by atoms with E-state index < -0.39 is 30.5 Å². The first-order valence-corrected chi connectivity index (χ1v) is 3.89. The van der Waals surface area contributed by atoms with Crippen LogP contribution in [0.3, 0.4) is 0 Å². The van der Waals surface area contributed by atoms with E-state index in [1.165, 1.54) is 0 Å². The molecule has 15 heavy (non-hydrogen) atoms. The van der Waals surface area contributed by atoms with Gasteiger partial charge in [-0.05, 0) is 6.92 Å². The van der Waals surface area contributed by atoms with Crippen molar-refractivity contribution in [3.05, 3.63) is 12.7 Å². The number of alkyl halides is 4. The highest BCUT2D eigenvalue weighted by Gasteiger charge is 2.66. The Bertz CT molecular complexity index is 249. The molecule has 0 aliphatic rings. The van der Waals surface area contributed by atoms with Crippen LogP contribution in [0.2, 0.25) is 0 Å². The van der Waals surface area contributed by atoms with Crippen LogP contribution < -0.4 is 0 Å². The highest BCUT2D eigenvalue weighted by molar-refractivity contribution is 5.81. The maximum atomic E-state index is 13.3. The fourth-order valence-corrected chi connectivity index (χ4v) is 0.763. The number of aliphatic hydroxyl groups is 1. The summed E-state index contributed by atoms with van der Waals surface area (Å²) in [5.74, 6) is -2.18. The fraction of sp³-hybridized carbons (Fsp3) is 0.625. The van der Waals surface area contributed by atoms with E-state index in [0.717, 1.165) is 6.08 Å². The Hall–Kier alpha value is -1.11. The predicted octanol–water partition coefficient (Wildman–Crippen LogP) is 1.37. The monoisotopic (exact) mass is 230 g/mol. The highest BCUT2D eigenvalue weighted by atomic mass is 19.4. The molecule has 1 N–H and O–H groups in total. The van der Waals surface area contributed by atoms with Gasteiger partial charge in [-0.1, -0.05) is 12.7 Å². The summed E-state index contributed by atoms with van der Waals surface area (Å²) < 4.78 is 53.7. The molecule has 0 spiro atoms. The molecule has 0 saturated carbocycles. The largest absolute Gasteiger partial charge is 0.459 e. The van der Waals surface area contributed by atoms with Crippen molar-refractivity contribution in [1.82, 2.24) is 0 Å². The first-order valence-electron chi connectivity index (χ1n) is 3.89. The smallest absolute Gasteiger partial charge is 0.436 e. The van der Waals surface area contributed by atoms with Gasteiger partial charge in [-0.2, -0.15) is 13.2 Å². The van der Waals surface area contributed by atoms with E-state index in [2.05, 4.69) is 11.3 Å². The summed E-state index contributed by atoms with van der Waals surface area (Å²) in [6.07, 6.45) is -7.09. The number of ether oxygens (including phenoxy) is 1. The van der Waals surface area contributed by atoms with Crippen molar-refractivity contribution in [2.24, 2.45) is 0 Å². The number of aliphatic hydroxyl groups excluding tert-OH is 1. The Kier molecular flexibility index (Phi) is 4.27. The molecule has 0 amide bonds. The van der Waals surface area contributed by atoms with Gasteiger partial charge < -0.3 is 9.84 Å². The number of hydrogen-bond donors (Lipinski definition) is 1. The lowest BCUT2D eigenvalue weighted by atomic mass is 10.00. The van der Waals surface area contributed by atoms with E-state index >= 15 is 0 Å². The molecular weight excluding hydrogens is 220 g/mol. The van der Waals surface area contributed by atoms with Crippen LogP contribution in [0.5, 0.6) is 0 Å². The molecule has 0 aromatic heterocycles. The first kappa shape index (κ1) is 13.9. The van der Waals surface area contributed by atoms with Crippen molar-refractivity contribution in [1.29, 1.82) is 0 Å². The van der Waals surface area contributed by atoms with Gasteiger partial charge in [0.05, 0.1) is 0 Å². The van der Waals surface area contributed by atoms with E-state index in [-0.39, 0.29) is 0 Å². The molecule has 0 bridgehead atoms. The third-order valence-corrected chi connectivity index (χ3v) is 1.62. The molecule has 0 aliphatic carbocycles. The first-order chi connectivity index (χ1) is 6.67. The number of esters is 1. The maximum Gasteiger partial charge on any atom is 0.436 e. The summed E-state index contributed by atoms with van der Waals surface area (Å²) in [5.41, 5.74) is -4.41. The molecule has 2 unspecified atom stereocenters. The Balaban J connectivity index is 4.96. The molecule has 0 aliphatic heterocycles. The summed E-state index contributed by atoms with van der Waals surface area (Å²) in [4.78, 5) is 10.8. The van der Waals surface area contributed by atoms with Gasteiger partial charge in [0.2, 0.25) is 0 Å². The van der Waals surface area contributed by atoms with Crippen molar-refractivity contribution in [2.75, 3.05) is 6.61 Å². The van der Waals surface area contributed by atoms with Crippen LogP contribution in [-0.2, 0) is 9.53 Å². The van der Waals surface area contributed by atoms with Crippen LogP contribution in [0.1, 0.15) is 6.92 Å². The van der Waals surface area contributed by atoms with Crippen LogP contribution >= 0.6 is 0 Å². The van der Waals surface area contributed by atoms with Gasteiger partial charge in [0, 0.05) is 0 Å². The molecule has 0 rings (SSSR count). The van der Waals surface area contributed by atoms with Crippen molar-refractivity contribution in [3.8, 4) is 0 Å². The molecular formula is C8H10F4O3. The van der Waals surface area contributed by atoms with Crippen molar-refractivity contribution in [3.63, 3.8) is 0 Å². The quantitative estimate of drug-likeness (QED) is 0.450. The molecule has 0 fully saturated rings. The molecule has 88 valence electrons. The molecule has 2 atom stereocenters. The molecule has 7 heteroatoms. The van der Waals surface area contributed by atoms with Crippen LogP contribution in [0.4, 0.5) is 17.6 Å². The maximum absolute atomic E-state index is 13.3. The molecule has 3 nitrogen and oxygen atoms in total. The summed E-state index contributed by atoms with van der Waals surface area (Å²) in [6.45, 7) is 3.03. The van der Waals surface area contributed by atoms with Crippen LogP contribution in [0, 0.1) is 0 Å². The average Bonchev–Trinajstić information content (AvgIpc) is 2.10. The van der Waals surface area contributed by atoms with E-state index in [0.29, 0.717) is 6.92 Å². The second-order valence-electron chi connectivity index (χ2n) is 2.77. The second-order valence-corrected chi connectivity index (χ2v) is 2.77. The number of halogens is 4. The second kappa shape index (κ2) is 4.61. The standard InChI is InChI=1S/C8H10F4O3/c1-3-4-15-6(14)7(9,5(2)13)8(10,11)12/h3,5,13H,1,4H2,2H3. The number of rotatable bonds is 4. The molecule has 0 aromatic rings. The van der Waals surface area contributed by atoms with E-state index in [1.54, 1.807) is 0 Å². The normalized spacial score (nSPS) is 17.7. The van der Waals surface area contributed by atoms with Crippen molar-refractivity contribution >= 4 is 5.97 Å². The lowest BCUT2D eigenvalue weighted by Gasteiger charge is -2.27. The number of hydrogen-bond acceptors (Lipinski definition) is 3. The zero-order valence-electron chi connectivity index (χ0n) is 7.84. The van der Waals surface area contributed by atoms with Gasteiger partial charge in [-0.3, -0.25) is 0 Å². The minimum absolute atomic E-state index is 0.517. The van der Waals surface area contributed by atoms with Crippen LogP contribution in [0.15, 0.2) is 12.7 Å². The van der Waals surface area contributed by atoms with Crippen molar-refractivity contribution < 1.29 is 32.2 Å². The zero-order valence-corrected chi connectivity index (χ0v) is 7.84. The van der Waals surface area contributed by atoms with Gasteiger partial charge >= 0.3 is 17.8 Å². The summed E-state index contributed by atoms with van der Waals surface area (Å²) >= 11 is 0. The highest BCUT2D eigenvalue weighted by Crippen LogP contribution is 2.37. The van der Waals surface area contributed by atoms with Crippen LogP contribution in [0.25, 0.3) is 0 Å². The topological polar surface area (TPSA) is 46.5 Å². The zero-order chi connectivity index (χ0) is 12.3. The molecule has 0 heterocycles. The summed E-state index contributed by atoms with van der Waals surface area (Å²) in [7, 11) is 0. The van der Waals surface area contributed by atoms with E-state index in [1.807, 2.05) is 0 Å².